The minimum absolute atomic E-state index is 0.0557. The first-order chi connectivity index (χ1) is 9.38. The van der Waals surface area contributed by atoms with Gasteiger partial charge in [-0.2, -0.15) is 0 Å². The van der Waals surface area contributed by atoms with Crippen molar-refractivity contribution in [1.82, 2.24) is 5.32 Å². The summed E-state index contributed by atoms with van der Waals surface area (Å²) in [5, 5.41) is 14.4. The number of aromatic carboxylic acids is 1. The second-order valence-electron chi connectivity index (χ2n) is 4.96. The van der Waals surface area contributed by atoms with E-state index in [1.807, 2.05) is 0 Å². The van der Waals surface area contributed by atoms with E-state index in [4.69, 9.17) is 0 Å². The van der Waals surface area contributed by atoms with E-state index >= 15 is 0 Å². The molecule has 0 saturated carbocycles. The van der Waals surface area contributed by atoms with Gasteiger partial charge in [-0.3, -0.25) is 9.59 Å². The number of anilines is 1. The van der Waals surface area contributed by atoms with Crippen LogP contribution in [0.1, 0.15) is 34.3 Å². The summed E-state index contributed by atoms with van der Waals surface area (Å²) in [6.45, 7) is 3.53. The molecule has 0 aliphatic carbocycles. The van der Waals surface area contributed by atoms with Gasteiger partial charge in [-0.25, -0.2) is 4.79 Å². The summed E-state index contributed by atoms with van der Waals surface area (Å²) < 4.78 is 0. The first-order valence-electron chi connectivity index (χ1n) is 6.33. The molecule has 1 aromatic rings. The van der Waals surface area contributed by atoms with Gasteiger partial charge in [0.05, 0.1) is 11.3 Å². The van der Waals surface area contributed by atoms with Crippen LogP contribution in [0.4, 0.5) is 5.69 Å². The quantitative estimate of drug-likeness (QED) is 0.773. The summed E-state index contributed by atoms with van der Waals surface area (Å²) in [6.07, 6.45) is 0.745. The molecule has 0 unspecified atom stereocenters. The van der Waals surface area contributed by atoms with Crippen LogP contribution in [0.25, 0.3) is 0 Å². The molecule has 1 aliphatic heterocycles. The van der Waals surface area contributed by atoms with Crippen molar-refractivity contribution in [2.45, 2.75) is 32.7 Å². The number of carboxylic acid groups (broad SMARTS) is 1. The van der Waals surface area contributed by atoms with Crippen LogP contribution >= 0.6 is 0 Å². The summed E-state index contributed by atoms with van der Waals surface area (Å²) in [6, 6.07) is 2.72. The van der Waals surface area contributed by atoms with E-state index < -0.39 is 12.0 Å². The Morgan fingerprint density at radius 3 is 2.60 bits per heavy atom. The number of hydrogen-bond donors (Lipinski definition) is 3. The van der Waals surface area contributed by atoms with E-state index in [0.717, 1.165) is 5.56 Å². The summed E-state index contributed by atoms with van der Waals surface area (Å²) in [5.41, 5.74) is 1.83. The lowest BCUT2D eigenvalue weighted by atomic mass is 10.0. The topological polar surface area (TPSA) is 95.5 Å². The maximum atomic E-state index is 12.1. The van der Waals surface area contributed by atoms with Crippen molar-refractivity contribution in [3.8, 4) is 0 Å². The van der Waals surface area contributed by atoms with Gasteiger partial charge in [0.15, 0.2) is 0 Å². The molecular weight excluding hydrogens is 260 g/mol. The second kappa shape index (κ2) is 5.32. The number of benzene rings is 1. The van der Waals surface area contributed by atoms with Gasteiger partial charge in [0, 0.05) is 6.42 Å². The Morgan fingerprint density at radius 2 is 2.05 bits per heavy atom. The van der Waals surface area contributed by atoms with Crippen LogP contribution in [-0.4, -0.2) is 28.9 Å². The summed E-state index contributed by atoms with van der Waals surface area (Å²) >= 11 is 0. The Bertz CT molecular complexity index is 595. The molecule has 6 heteroatoms. The predicted octanol–water partition coefficient (Wildman–Crippen LogP) is 1.22. The van der Waals surface area contributed by atoms with Gasteiger partial charge in [-0.05, 0) is 37.5 Å². The molecule has 0 bridgehead atoms. The Labute approximate surface area is 116 Å². The van der Waals surface area contributed by atoms with Gasteiger partial charge in [-0.15, -0.1) is 0 Å². The van der Waals surface area contributed by atoms with Crippen molar-refractivity contribution >= 4 is 23.5 Å². The molecule has 0 aromatic heterocycles. The average molecular weight is 276 g/mol. The number of amides is 2. The Hall–Kier alpha value is -2.37. The smallest absolute Gasteiger partial charge is 0.337 e. The highest BCUT2D eigenvalue weighted by Gasteiger charge is 2.28. The van der Waals surface area contributed by atoms with E-state index in [1.165, 1.54) is 6.07 Å². The van der Waals surface area contributed by atoms with Crippen LogP contribution in [0.3, 0.4) is 0 Å². The third-order valence-electron chi connectivity index (χ3n) is 3.27. The number of aryl methyl sites for hydroxylation is 2. The van der Waals surface area contributed by atoms with Crippen LogP contribution in [0, 0.1) is 13.8 Å². The molecule has 2 rings (SSSR count). The molecular formula is C14H16N2O4. The first-order valence-corrected chi connectivity index (χ1v) is 6.33. The number of rotatable bonds is 3. The molecule has 6 nitrogen and oxygen atoms in total. The Kier molecular flexibility index (Phi) is 3.74. The van der Waals surface area contributed by atoms with Crippen LogP contribution in [-0.2, 0) is 9.59 Å². The van der Waals surface area contributed by atoms with E-state index in [-0.39, 0.29) is 23.1 Å². The predicted molar refractivity (Wildman–Crippen MR) is 72.7 cm³/mol. The molecule has 20 heavy (non-hydrogen) atoms. The average Bonchev–Trinajstić information content (AvgIpc) is 2.78. The zero-order chi connectivity index (χ0) is 14.9. The minimum atomic E-state index is -1.09. The van der Waals surface area contributed by atoms with Gasteiger partial charge in [0.1, 0.15) is 6.04 Å². The van der Waals surface area contributed by atoms with Crippen molar-refractivity contribution in [1.29, 1.82) is 0 Å². The van der Waals surface area contributed by atoms with Gasteiger partial charge in [0.25, 0.3) is 0 Å². The molecule has 1 aromatic carbocycles. The lowest BCUT2D eigenvalue weighted by molar-refractivity contribution is -0.122. The largest absolute Gasteiger partial charge is 0.478 e. The minimum Gasteiger partial charge on any atom is -0.478 e. The summed E-state index contributed by atoms with van der Waals surface area (Å²) in [5.74, 6) is -1.64. The van der Waals surface area contributed by atoms with Crippen LogP contribution < -0.4 is 10.6 Å². The first kappa shape index (κ1) is 14.0. The Morgan fingerprint density at radius 1 is 1.35 bits per heavy atom. The van der Waals surface area contributed by atoms with Crippen molar-refractivity contribution in [2.75, 3.05) is 5.32 Å². The normalized spacial score (nSPS) is 17.7. The highest BCUT2D eigenvalue weighted by molar-refractivity contribution is 6.04. The van der Waals surface area contributed by atoms with Crippen molar-refractivity contribution < 1.29 is 19.5 Å². The molecule has 1 saturated heterocycles. The zero-order valence-electron chi connectivity index (χ0n) is 11.3. The van der Waals surface area contributed by atoms with E-state index in [1.54, 1.807) is 19.9 Å². The molecule has 106 valence electrons. The zero-order valence-corrected chi connectivity index (χ0v) is 11.3. The number of carbonyl (C=O) groups is 3. The molecule has 2 amide bonds. The maximum Gasteiger partial charge on any atom is 0.337 e. The highest BCUT2D eigenvalue weighted by Crippen LogP contribution is 2.23. The summed E-state index contributed by atoms with van der Waals surface area (Å²) in [4.78, 5) is 34.4. The molecule has 3 N–H and O–H groups in total. The van der Waals surface area contributed by atoms with Crippen molar-refractivity contribution in [3.63, 3.8) is 0 Å². The van der Waals surface area contributed by atoms with Gasteiger partial charge < -0.3 is 15.7 Å². The highest BCUT2D eigenvalue weighted by atomic mass is 16.4. The van der Waals surface area contributed by atoms with Crippen LogP contribution in [0.2, 0.25) is 0 Å². The number of nitrogens with one attached hydrogen (secondary N) is 2. The molecule has 1 fully saturated rings. The fourth-order valence-electron chi connectivity index (χ4n) is 2.32. The number of carboxylic acids is 1. The molecule has 0 spiro atoms. The Balaban J connectivity index is 2.26. The van der Waals surface area contributed by atoms with Crippen LogP contribution in [0.5, 0.6) is 0 Å². The van der Waals surface area contributed by atoms with Gasteiger partial charge in [0.2, 0.25) is 11.8 Å². The van der Waals surface area contributed by atoms with E-state index in [9.17, 15) is 19.5 Å². The molecule has 1 aliphatic rings. The van der Waals surface area contributed by atoms with Gasteiger partial charge >= 0.3 is 5.97 Å². The van der Waals surface area contributed by atoms with Crippen molar-refractivity contribution in [2.24, 2.45) is 0 Å². The standard InChI is InChI=1S/C14H16N2O4/c1-7-5-8(2)12(9(6-7)14(19)20)16-13(18)10-3-4-11(17)15-10/h5-6,10H,3-4H2,1-2H3,(H,15,17)(H,16,18)(H,19,20)/t10-/m0/s1. The number of hydrogen-bond acceptors (Lipinski definition) is 3. The molecule has 0 radical (unpaired) electrons. The summed E-state index contributed by atoms with van der Waals surface area (Å²) in [7, 11) is 0. The monoisotopic (exact) mass is 276 g/mol. The lowest BCUT2D eigenvalue weighted by Gasteiger charge is -2.15. The fourth-order valence-corrected chi connectivity index (χ4v) is 2.32. The SMILES string of the molecule is Cc1cc(C)c(NC(=O)[C@@H]2CCC(=O)N2)c(C(=O)O)c1. The second-order valence-corrected chi connectivity index (χ2v) is 4.96. The third-order valence-corrected chi connectivity index (χ3v) is 3.27. The van der Waals surface area contributed by atoms with E-state index in [0.29, 0.717) is 18.4 Å². The number of carbonyl (C=O) groups excluding carboxylic acids is 2. The third kappa shape index (κ3) is 2.79. The maximum absolute atomic E-state index is 12.1. The molecule has 1 atom stereocenters. The molecule has 1 heterocycles. The van der Waals surface area contributed by atoms with E-state index in [2.05, 4.69) is 10.6 Å². The van der Waals surface area contributed by atoms with Crippen molar-refractivity contribution in [3.05, 3.63) is 28.8 Å². The van der Waals surface area contributed by atoms with Gasteiger partial charge in [-0.1, -0.05) is 6.07 Å². The fraction of sp³-hybridized carbons (Fsp3) is 0.357. The van der Waals surface area contributed by atoms with Crippen LogP contribution in [0.15, 0.2) is 12.1 Å². The lowest BCUT2D eigenvalue weighted by Crippen LogP contribution is -2.37.